The van der Waals surface area contributed by atoms with Gasteiger partial charge in [0.15, 0.2) is 0 Å². The molecule has 2 rings (SSSR count). The molecule has 3 heteroatoms. The molecule has 2 nitrogen and oxygen atoms in total. The van der Waals surface area contributed by atoms with Gasteiger partial charge in [-0.25, -0.2) is 0 Å². The van der Waals surface area contributed by atoms with E-state index >= 15 is 0 Å². The van der Waals surface area contributed by atoms with Gasteiger partial charge in [0.25, 0.3) is 0 Å². The highest BCUT2D eigenvalue weighted by Crippen LogP contribution is 2.66. The monoisotopic (exact) mass is 154 g/mol. The second kappa shape index (κ2) is 2.49. The molecule has 2 aliphatic carbocycles. The van der Waals surface area contributed by atoms with Crippen LogP contribution in [0.5, 0.6) is 0 Å². The van der Waals surface area contributed by atoms with Gasteiger partial charge in [-0.15, -0.1) is 0 Å². The van der Waals surface area contributed by atoms with Gasteiger partial charge >= 0.3 is 7.12 Å². The van der Waals surface area contributed by atoms with Gasteiger partial charge in [0, 0.05) is 0 Å². The number of hydrogen-bond acceptors (Lipinski definition) is 2. The van der Waals surface area contributed by atoms with Crippen molar-refractivity contribution >= 4 is 7.12 Å². The van der Waals surface area contributed by atoms with Crippen molar-refractivity contribution in [1.29, 1.82) is 0 Å². The first-order chi connectivity index (χ1) is 5.25. The summed E-state index contributed by atoms with van der Waals surface area (Å²) >= 11 is 0. The van der Waals surface area contributed by atoms with Crippen LogP contribution in [0.1, 0.15) is 38.5 Å². The first-order valence-corrected chi connectivity index (χ1v) is 4.61. The van der Waals surface area contributed by atoms with Gasteiger partial charge in [0.1, 0.15) is 0 Å². The third kappa shape index (κ3) is 1.21. The molecule has 0 amide bonds. The molecule has 62 valence electrons. The molecule has 0 aliphatic heterocycles. The van der Waals surface area contributed by atoms with E-state index in [4.69, 9.17) is 10.0 Å². The van der Waals surface area contributed by atoms with Crippen LogP contribution >= 0.6 is 0 Å². The Kier molecular flexibility index (Phi) is 1.73. The van der Waals surface area contributed by atoms with Crippen molar-refractivity contribution in [3.8, 4) is 0 Å². The Hall–Kier alpha value is -0.0151. The molecule has 2 saturated carbocycles. The van der Waals surface area contributed by atoms with Gasteiger partial charge in [0.2, 0.25) is 0 Å². The average Bonchev–Trinajstić information content (AvgIpc) is 2.66. The van der Waals surface area contributed by atoms with Gasteiger partial charge in [-0.05, 0) is 30.5 Å². The van der Waals surface area contributed by atoms with Crippen molar-refractivity contribution in [2.45, 2.75) is 44.3 Å². The lowest BCUT2D eigenvalue weighted by Gasteiger charge is -2.22. The Morgan fingerprint density at radius 1 is 1.09 bits per heavy atom. The molecule has 0 radical (unpaired) electrons. The molecular weight excluding hydrogens is 139 g/mol. The average molecular weight is 154 g/mol. The van der Waals surface area contributed by atoms with Crippen LogP contribution in [0.4, 0.5) is 0 Å². The van der Waals surface area contributed by atoms with Gasteiger partial charge in [-0.1, -0.05) is 19.3 Å². The van der Waals surface area contributed by atoms with E-state index in [1.165, 1.54) is 32.1 Å². The van der Waals surface area contributed by atoms with E-state index in [0.717, 1.165) is 6.42 Å². The third-order valence-electron chi connectivity index (χ3n) is 3.46. The van der Waals surface area contributed by atoms with Crippen LogP contribution in [-0.4, -0.2) is 17.2 Å². The first kappa shape index (κ1) is 7.62. The van der Waals surface area contributed by atoms with E-state index in [9.17, 15) is 0 Å². The lowest BCUT2D eigenvalue weighted by Crippen LogP contribution is -2.18. The summed E-state index contributed by atoms with van der Waals surface area (Å²) in [4.78, 5) is 0. The second-order valence-corrected chi connectivity index (χ2v) is 4.15. The molecule has 1 unspecified atom stereocenters. The summed E-state index contributed by atoms with van der Waals surface area (Å²) in [6, 6.07) is 0. The van der Waals surface area contributed by atoms with E-state index in [-0.39, 0.29) is 5.82 Å². The molecule has 2 aliphatic rings. The van der Waals surface area contributed by atoms with Crippen LogP contribution in [0.3, 0.4) is 0 Å². The zero-order valence-electron chi connectivity index (χ0n) is 6.79. The molecular formula is C8H15BO2. The highest BCUT2D eigenvalue weighted by atomic mass is 16.4. The number of hydrogen-bond donors (Lipinski definition) is 2. The zero-order chi connectivity index (χ0) is 7.90. The van der Waals surface area contributed by atoms with Crippen molar-refractivity contribution in [2.75, 3.05) is 0 Å². The molecule has 0 aromatic rings. The highest BCUT2D eigenvalue weighted by molar-refractivity contribution is 6.44. The minimum atomic E-state index is -1.05. The van der Waals surface area contributed by atoms with E-state index in [1.807, 2.05) is 0 Å². The maximum Gasteiger partial charge on any atom is 0.455 e. The lowest BCUT2D eigenvalue weighted by molar-refractivity contribution is 0.317. The fraction of sp³-hybridized carbons (Fsp3) is 1.00. The van der Waals surface area contributed by atoms with Gasteiger partial charge in [0.05, 0.1) is 0 Å². The van der Waals surface area contributed by atoms with E-state index < -0.39 is 7.12 Å². The molecule has 0 aromatic heterocycles. The van der Waals surface area contributed by atoms with Crippen LogP contribution < -0.4 is 0 Å². The van der Waals surface area contributed by atoms with Crippen LogP contribution in [0.15, 0.2) is 0 Å². The van der Waals surface area contributed by atoms with Crippen LogP contribution in [0.2, 0.25) is 5.82 Å². The smallest absolute Gasteiger partial charge is 0.427 e. The highest BCUT2D eigenvalue weighted by Gasteiger charge is 2.58. The molecule has 1 spiro atoms. The predicted molar refractivity (Wildman–Crippen MR) is 44.1 cm³/mol. The molecule has 0 heterocycles. The number of rotatable bonds is 1. The van der Waals surface area contributed by atoms with Gasteiger partial charge in [-0.3, -0.25) is 0 Å². The molecule has 0 saturated heterocycles. The summed E-state index contributed by atoms with van der Waals surface area (Å²) in [6.07, 6.45) is 7.46. The molecule has 2 fully saturated rings. The maximum absolute atomic E-state index is 8.97. The van der Waals surface area contributed by atoms with Gasteiger partial charge < -0.3 is 10.0 Å². The summed E-state index contributed by atoms with van der Waals surface area (Å²) in [5.41, 5.74) is 0.367. The zero-order valence-corrected chi connectivity index (χ0v) is 6.79. The summed E-state index contributed by atoms with van der Waals surface area (Å²) in [5, 5.41) is 17.9. The van der Waals surface area contributed by atoms with Gasteiger partial charge in [-0.2, -0.15) is 0 Å². The topological polar surface area (TPSA) is 40.5 Å². The molecule has 0 aromatic carbocycles. The molecule has 2 N–H and O–H groups in total. The normalized spacial score (nSPS) is 33.8. The Bertz CT molecular complexity index is 152. The van der Waals surface area contributed by atoms with Crippen molar-refractivity contribution < 1.29 is 10.0 Å². The maximum atomic E-state index is 8.97. The standard InChI is InChI=1S/C8H15BO2/c10-9(11)7-6-8(7)4-2-1-3-5-8/h7,10-11H,1-6H2. The van der Waals surface area contributed by atoms with Crippen LogP contribution in [-0.2, 0) is 0 Å². The third-order valence-corrected chi connectivity index (χ3v) is 3.46. The van der Waals surface area contributed by atoms with Crippen molar-refractivity contribution in [3.05, 3.63) is 0 Å². The SMILES string of the molecule is OB(O)C1CC12CCCCC2. The lowest BCUT2D eigenvalue weighted by atomic mass is 9.73. The van der Waals surface area contributed by atoms with Crippen molar-refractivity contribution in [3.63, 3.8) is 0 Å². The molecule has 11 heavy (non-hydrogen) atoms. The Balaban J connectivity index is 1.93. The van der Waals surface area contributed by atoms with Crippen LogP contribution in [0.25, 0.3) is 0 Å². The van der Waals surface area contributed by atoms with Crippen molar-refractivity contribution in [1.82, 2.24) is 0 Å². The Morgan fingerprint density at radius 2 is 1.73 bits per heavy atom. The summed E-state index contributed by atoms with van der Waals surface area (Å²) < 4.78 is 0. The summed E-state index contributed by atoms with van der Waals surface area (Å²) in [7, 11) is -1.05. The second-order valence-electron chi connectivity index (χ2n) is 4.15. The van der Waals surface area contributed by atoms with E-state index in [1.54, 1.807) is 0 Å². The van der Waals surface area contributed by atoms with E-state index in [2.05, 4.69) is 0 Å². The molecule has 0 bridgehead atoms. The predicted octanol–water partition coefficient (Wildman–Crippen LogP) is 1.18. The Labute approximate surface area is 67.8 Å². The first-order valence-electron chi connectivity index (χ1n) is 4.61. The summed E-state index contributed by atoms with van der Waals surface area (Å²) in [5.74, 6) is 0.211. The Morgan fingerprint density at radius 3 is 2.18 bits per heavy atom. The van der Waals surface area contributed by atoms with Crippen molar-refractivity contribution in [2.24, 2.45) is 5.41 Å². The quantitative estimate of drug-likeness (QED) is 0.556. The minimum absolute atomic E-state index is 0.211. The fourth-order valence-corrected chi connectivity index (χ4v) is 2.63. The largest absolute Gasteiger partial charge is 0.455 e. The summed E-state index contributed by atoms with van der Waals surface area (Å²) in [6.45, 7) is 0. The fourth-order valence-electron chi connectivity index (χ4n) is 2.63. The minimum Gasteiger partial charge on any atom is -0.427 e. The van der Waals surface area contributed by atoms with Crippen LogP contribution in [0, 0.1) is 5.41 Å². The molecule has 1 atom stereocenters. The van der Waals surface area contributed by atoms with E-state index in [0.29, 0.717) is 5.41 Å².